The molecule has 0 aliphatic rings. The zero-order valence-corrected chi connectivity index (χ0v) is 14.4. The van der Waals surface area contributed by atoms with Crippen molar-refractivity contribution in [3.05, 3.63) is 62.5 Å². The lowest BCUT2D eigenvalue weighted by atomic mass is 10.2. The van der Waals surface area contributed by atoms with Gasteiger partial charge in [-0.1, -0.05) is 39.1 Å². The molecule has 2 N–H and O–H groups in total. The van der Waals surface area contributed by atoms with Crippen LogP contribution in [-0.2, 0) is 0 Å². The van der Waals surface area contributed by atoms with Gasteiger partial charge >= 0.3 is 0 Å². The number of hydrogen-bond acceptors (Lipinski definition) is 2. The molecular formula is C14H9BrCl2N2OS. The van der Waals surface area contributed by atoms with Gasteiger partial charge in [0, 0.05) is 15.7 Å². The van der Waals surface area contributed by atoms with Crippen LogP contribution < -0.4 is 10.6 Å². The first-order valence-electron chi connectivity index (χ1n) is 5.78. The highest BCUT2D eigenvalue weighted by atomic mass is 79.9. The Morgan fingerprint density at radius 3 is 2.33 bits per heavy atom. The van der Waals surface area contributed by atoms with Gasteiger partial charge in [0.15, 0.2) is 5.11 Å². The van der Waals surface area contributed by atoms with Gasteiger partial charge in [0.25, 0.3) is 5.91 Å². The molecule has 2 aromatic carbocycles. The maximum atomic E-state index is 12.0. The second kappa shape index (κ2) is 7.22. The first-order valence-corrected chi connectivity index (χ1v) is 7.74. The van der Waals surface area contributed by atoms with Crippen molar-refractivity contribution in [3.8, 4) is 0 Å². The molecule has 0 radical (unpaired) electrons. The topological polar surface area (TPSA) is 41.1 Å². The molecule has 0 bridgehead atoms. The second-order valence-corrected chi connectivity index (χ2v) is 6.18. The molecule has 0 spiro atoms. The number of carbonyl (C=O) groups excluding carboxylic acids is 1. The summed E-state index contributed by atoms with van der Waals surface area (Å²) in [4.78, 5) is 12.0. The minimum Gasteiger partial charge on any atom is -0.332 e. The van der Waals surface area contributed by atoms with Crippen LogP contribution in [0.5, 0.6) is 0 Å². The molecule has 21 heavy (non-hydrogen) atoms. The average molecular weight is 404 g/mol. The van der Waals surface area contributed by atoms with Gasteiger partial charge in [-0.2, -0.15) is 0 Å². The van der Waals surface area contributed by atoms with Crippen LogP contribution >= 0.6 is 51.3 Å². The summed E-state index contributed by atoms with van der Waals surface area (Å²) in [5, 5.41) is 6.40. The highest BCUT2D eigenvalue weighted by Gasteiger charge is 2.10. The van der Waals surface area contributed by atoms with Crippen molar-refractivity contribution in [2.24, 2.45) is 0 Å². The van der Waals surface area contributed by atoms with Crippen molar-refractivity contribution < 1.29 is 4.79 Å². The number of carbonyl (C=O) groups is 1. The number of thiocarbonyl (C=S) groups is 1. The van der Waals surface area contributed by atoms with Crippen LogP contribution in [0.25, 0.3) is 0 Å². The Labute approximate surface area is 145 Å². The normalized spacial score (nSPS) is 10.0. The molecule has 0 unspecified atom stereocenters. The molecular weight excluding hydrogens is 395 g/mol. The van der Waals surface area contributed by atoms with E-state index in [2.05, 4.69) is 26.6 Å². The van der Waals surface area contributed by atoms with Gasteiger partial charge < -0.3 is 5.32 Å². The monoisotopic (exact) mass is 402 g/mol. The minimum atomic E-state index is -0.358. The predicted molar refractivity (Wildman–Crippen MR) is 94.3 cm³/mol. The molecule has 0 aromatic heterocycles. The van der Waals surface area contributed by atoms with Crippen molar-refractivity contribution in [1.29, 1.82) is 0 Å². The first-order chi connectivity index (χ1) is 9.95. The summed E-state index contributed by atoms with van der Waals surface area (Å²) in [6.07, 6.45) is 0. The van der Waals surface area contributed by atoms with Crippen LogP contribution in [0.4, 0.5) is 5.69 Å². The van der Waals surface area contributed by atoms with E-state index in [-0.39, 0.29) is 11.0 Å². The van der Waals surface area contributed by atoms with Crippen LogP contribution in [0.15, 0.2) is 46.9 Å². The molecule has 0 atom stereocenters. The number of hydrogen-bond donors (Lipinski definition) is 2. The number of benzene rings is 2. The lowest BCUT2D eigenvalue weighted by Gasteiger charge is -2.10. The van der Waals surface area contributed by atoms with E-state index in [4.69, 9.17) is 35.4 Å². The molecule has 0 saturated heterocycles. The van der Waals surface area contributed by atoms with Crippen molar-refractivity contribution in [2.75, 3.05) is 5.32 Å². The van der Waals surface area contributed by atoms with E-state index in [0.29, 0.717) is 15.6 Å². The molecule has 0 aliphatic carbocycles. The van der Waals surface area contributed by atoms with E-state index < -0.39 is 0 Å². The Balaban J connectivity index is 2.00. The van der Waals surface area contributed by atoms with Gasteiger partial charge in [-0.05, 0) is 54.7 Å². The zero-order valence-electron chi connectivity index (χ0n) is 10.5. The maximum absolute atomic E-state index is 12.0. The quantitative estimate of drug-likeness (QED) is 0.702. The first kappa shape index (κ1) is 16.2. The van der Waals surface area contributed by atoms with E-state index in [9.17, 15) is 4.79 Å². The molecule has 0 aliphatic heterocycles. The summed E-state index contributed by atoms with van der Waals surface area (Å²) < 4.78 is 0.957. The van der Waals surface area contributed by atoms with Crippen molar-refractivity contribution >= 4 is 68.1 Å². The fraction of sp³-hybridized carbons (Fsp3) is 0. The fourth-order valence-corrected chi connectivity index (χ4v) is 2.28. The van der Waals surface area contributed by atoms with Crippen molar-refractivity contribution in [3.63, 3.8) is 0 Å². The van der Waals surface area contributed by atoms with E-state index in [1.54, 1.807) is 12.1 Å². The minimum absolute atomic E-state index is 0.202. The summed E-state index contributed by atoms with van der Waals surface area (Å²) in [7, 11) is 0. The lowest BCUT2D eigenvalue weighted by Crippen LogP contribution is -2.34. The van der Waals surface area contributed by atoms with E-state index in [1.807, 2.05) is 24.3 Å². The standard InChI is InChI=1S/C14H9BrCl2N2OS/c15-9-2-4-10(5-3-9)18-14(21)19-13(20)8-1-6-11(16)12(17)7-8/h1-7H,(H2,18,19,20,21). The van der Waals surface area contributed by atoms with Crippen molar-refractivity contribution in [1.82, 2.24) is 5.32 Å². The van der Waals surface area contributed by atoms with Crippen LogP contribution in [0.1, 0.15) is 10.4 Å². The molecule has 3 nitrogen and oxygen atoms in total. The van der Waals surface area contributed by atoms with Crippen LogP contribution in [-0.4, -0.2) is 11.0 Å². The number of halogens is 3. The Morgan fingerprint density at radius 2 is 1.71 bits per heavy atom. The van der Waals surface area contributed by atoms with Gasteiger partial charge in [0.05, 0.1) is 10.0 Å². The lowest BCUT2D eigenvalue weighted by molar-refractivity contribution is 0.0978. The third kappa shape index (κ3) is 4.68. The van der Waals surface area contributed by atoms with E-state index in [1.165, 1.54) is 6.07 Å². The maximum Gasteiger partial charge on any atom is 0.257 e. The molecule has 108 valence electrons. The Kier molecular flexibility index (Phi) is 5.58. The van der Waals surface area contributed by atoms with Crippen LogP contribution in [0.3, 0.4) is 0 Å². The highest BCUT2D eigenvalue weighted by Crippen LogP contribution is 2.22. The average Bonchev–Trinajstić information content (AvgIpc) is 2.44. The van der Waals surface area contributed by atoms with Crippen molar-refractivity contribution in [2.45, 2.75) is 0 Å². The molecule has 7 heteroatoms. The smallest absolute Gasteiger partial charge is 0.257 e. The van der Waals surface area contributed by atoms with E-state index in [0.717, 1.165) is 10.2 Å². The van der Waals surface area contributed by atoms with E-state index >= 15 is 0 Å². The number of amides is 1. The van der Waals surface area contributed by atoms with Crippen LogP contribution in [0.2, 0.25) is 10.0 Å². The predicted octanol–water partition coefficient (Wildman–Crippen LogP) is 4.88. The Hall–Kier alpha value is -1.14. The third-order valence-corrected chi connectivity index (χ3v) is 3.98. The van der Waals surface area contributed by atoms with Gasteiger partial charge in [-0.15, -0.1) is 0 Å². The van der Waals surface area contributed by atoms with Gasteiger partial charge in [0.2, 0.25) is 0 Å². The van der Waals surface area contributed by atoms with Gasteiger partial charge in [-0.25, -0.2) is 0 Å². The zero-order chi connectivity index (χ0) is 15.4. The Morgan fingerprint density at radius 1 is 1.05 bits per heavy atom. The van der Waals surface area contributed by atoms with Crippen LogP contribution in [0, 0.1) is 0 Å². The molecule has 0 heterocycles. The van der Waals surface area contributed by atoms with Gasteiger partial charge in [-0.3, -0.25) is 10.1 Å². The molecule has 2 aromatic rings. The third-order valence-electron chi connectivity index (χ3n) is 2.51. The number of rotatable bonds is 2. The number of nitrogens with one attached hydrogen (secondary N) is 2. The summed E-state index contributed by atoms with van der Waals surface area (Å²) in [5.41, 5.74) is 1.15. The summed E-state index contributed by atoms with van der Waals surface area (Å²) in [5.74, 6) is -0.358. The molecule has 2 rings (SSSR count). The van der Waals surface area contributed by atoms with Gasteiger partial charge in [0.1, 0.15) is 0 Å². The number of anilines is 1. The Bertz CT molecular complexity index is 692. The highest BCUT2D eigenvalue weighted by molar-refractivity contribution is 9.10. The molecule has 0 fully saturated rings. The fourth-order valence-electron chi connectivity index (χ4n) is 1.51. The summed E-state index contributed by atoms with van der Waals surface area (Å²) in [6, 6.07) is 12.0. The largest absolute Gasteiger partial charge is 0.332 e. The second-order valence-electron chi connectivity index (χ2n) is 4.04. The molecule has 0 saturated carbocycles. The summed E-state index contributed by atoms with van der Waals surface area (Å²) >= 11 is 20.1. The summed E-state index contributed by atoms with van der Waals surface area (Å²) in [6.45, 7) is 0. The SMILES string of the molecule is O=C(NC(=S)Nc1ccc(Br)cc1)c1ccc(Cl)c(Cl)c1. The molecule has 1 amide bonds.